The molecule has 3 rings (SSSR count). The molecule has 0 aliphatic carbocycles. The van der Waals surface area contributed by atoms with Gasteiger partial charge in [-0.25, -0.2) is 10.4 Å². The number of methoxy groups -OCH3 is 3. The van der Waals surface area contributed by atoms with Gasteiger partial charge in [0.1, 0.15) is 17.2 Å². The number of carbonyl (C=O) groups excluding carboxylic acids is 1. The third kappa shape index (κ3) is 3.44. The van der Waals surface area contributed by atoms with Crippen LogP contribution in [0.25, 0.3) is 11.0 Å². The van der Waals surface area contributed by atoms with E-state index in [1.165, 1.54) is 20.4 Å². The van der Waals surface area contributed by atoms with E-state index < -0.39 is 0 Å². The Labute approximate surface area is 149 Å². The number of fused-ring (bicyclic) bond motifs is 1. The van der Waals surface area contributed by atoms with Crippen LogP contribution in [0.3, 0.4) is 0 Å². The SMILES string of the molecule is COc1cc(OC)c(C=NNC(=O)c2ccc3nc[nH]c3c2)c(OC)c1. The number of H-pyrrole nitrogens is 1. The number of aromatic nitrogens is 2. The van der Waals surface area contributed by atoms with Gasteiger partial charge in [0.2, 0.25) is 0 Å². The summed E-state index contributed by atoms with van der Waals surface area (Å²) in [5.41, 5.74) is 5.11. The Kier molecular flexibility index (Phi) is 5.02. The maximum absolute atomic E-state index is 12.3. The standard InChI is InChI=1S/C18H18N4O4/c1-24-12-7-16(25-2)13(17(8-12)26-3)9-21-22-18(23)11-4-5-14-15(6-11)20-10-19-14/h4-10H,1-3H3,(H,19,20)(H,22,23). The predicted molar refractivity (Wildman–Crippen MR) is 97.3 cm³/mol. The number of aromatic amines is 1. The topological polar surface area (TPSA) is 97.8 Å². The molecule has 134 valence electrons. The molecule has 0 radical (unpaired) electrons. The zero-order valence-electron chi connectivity index (χ0n) is 14.6. The Morgan fingerprint density at radius 3 is 2.50 bits per heavy atom. The summed E-state index contributed by atoms with van der Waals surface area (Å²) in [6.45, 7) is 0. The molecule has 3 aromatic rings. The summed E-state index contributed by atoms with van der Waals surface area (Å²) >= 11 is 0. The van der Waals surface area contributed by atoms with E-state index in [0.717, 1.165) is 11.0 Å². The summed E-state index contributed by atoms with van der Waals surface area (Å²) in [5.74, 6) is 1.27. The minimum atomic E-state index is -0.343. The monoisotopic (exact) mass is 354 g/mol. The second-order valence-electron chi connectivity index (χ2n) is 5.28. The lowest BCUT2D eigenvalue weighted by molar-refractivity contribution is 0.0955. The number of benzene rings is 2. The summed E-state index contributed by atoms with van der Waals surface area (Å²) in [4.78, 5) is 19.3. The van der Waals surface area contributed by atoms with Crippen LogP contribution in [0.4, 0.5) is 0 Å². The highest BCUT2D eigenvalue weighted by molar-refractivity contribution is 5.98. The fraction of sp³-hybridized carbons (Fsp3) is 0.167. The van der Waals surface area contributed by atoms with Gasteiger partial charge in [0.05, 0.1) is 50.5 Å². The van der Waals surface area contributed by atoms with Crippen LogP contribution in [0.2, 0.25) is 0 Å². The summed E-state index contributed by atoms with van der Waals surface area (Å²) < 4.78 is 15.9. The highest BCUT2D eigenvalue weighted by Gasteiger charge is 2.12. The van der Waals surface area contributed by atoms with Gasteiger partial charge in [-0.1, -0.05) is 0 Å². The molecule has 0 aliphatic rings. The van der Waals surface area contributed by atoms with Crippen molar-refractivity contribution in [3.8, 4) is 17.2 Å². The van der Waals surface area contributed by atoms with Gasteiger partial charge >= 0.3 is 0 Å². The highest BCUT2D eigenvalue weighted by Crippen LogP contribution is 2.32. The van der Waals surface area contributed by atoms with Gasteiger partial charge < -0.3 is 19.2 Å². The van der Waals surface area contributed by atoms with Crippen LogP contribution >= 0.6 is 0 Å². The lowest BCUT2D eigenvalue weighted by atomic mass is 10.2. The Bertz CT molecular complexity index is 940. The van der Waals surface area contributed by atoms with Crippen molar-refractivity contribution in [2.75, 3.05) is 21.3 Å². The van der Waals surface area contributed by atoms with E-state index >= 15 is 0 Å². The van der Waals surface area contributed by atoms with Crippen LogP contribution < -0.4 is 19.6 Å². The third-order valence-electron chi connectivity index (χ3n) is 3.80. The number of nitrogens with one attached hydrogen (secondary N) is 2. The molecule has 1 amide bonds. The summed E-state index contributed by atoms with van der Waals surface area (Å²) in [7, 11) is 4.62. The molecule has 26 heavy (non-hydrogen) atoms. The van der Waals surface area contributed by atoms with Crippen molar-refractivity contribution in [3.63, 3.8) is 0 Å². The van der Waals surface area contributed by atoms with Gasteiger partial charge in [-0.15, -0.1) is 0 Å². The minimum Gasteiger partial charge on any atom is -0.496 e. The van der Waals surface area contributed by atoms with E-state index in [-0.39, 0.29) is 5.91 Å². The number of rotatable bonds is 6. The first-order chi connectivity index (χ1) is 12.7. The second kappa shape index (κ2) is 7.56. The molecule has 0 spiro atoms. The van der Waals surface area contributed by atoms with Crippen molar-refractivity contribution in [2.45, 2.75) is 0 Å². The van der Waals surface area contributed by atoms with Crippen LogP contribution in [-0.4, -0.2) is 43.4 Å². The second-order valence-corrected chi connectivity index (χ2v) is 5.28. The zero-order valence-corrected chi connectivity index (χ0v) is 14.6. The molecule has 2 aromatic carbocycles. The zero-order chi connectivity index (χ0) is 18.5. The Morgan fingerprint density at radius 2 is 1.85 bits per heavy atom. The van der Waals surface area contributed by atoms with Crippen LogP contribution in [0, 0.1) is 0 Å². The first-order valence-corrected chi connectivity index (χ1v) is 7.72. The summed E-state index contributed by atoms with van der Waals surface area (Å²) in [6.07, 6.45) is 3.04. The van der Waals surface area contributed by atoms with Crippen LogP contribution in [0.15, 0.2) is 41.8 Å². The molecular formula is C18H18N4O4. The van der Waals surface area contributed by atoms with Crippen molar-refractivity contribution in [2.24, 2.45) is 5.10 Å². The van der Waals surface area contributed by atoms with Crippen molar-refractivity contribution in [1.82, 2.24) is 15.4 Å². The van der Waals surface area contributed by atoms with Gasteiger partial charge in [0.15, 0.2) is 0 Å². The van der Waals surface area contributed by atoms with Gasteiger partial charge in [-0.2, -0.15) is 5.10 Å². The van der Waals surface area contributed by atoms with Crippen molar-refractivity contribution in [3.05, 3.63) is 47.8 Å². The highest BCUT2D eigenvalue weighted by atomic mass is 16.5. The third-order valence-corrected chi connectivity index (χ3v) is 3.80. The van der Waals surface area contributed by atoms with E-state index in [4.69, 9.17) is 14.2 Å². The van der Waals surface area contributed by atoms with Crippen molar-refractivity contribution in [1.29, 1.82) is 0 Å². The fourth-order valence-corrected chi connectivity index (χ4v) is 2.46. The molecule has 0 fully saturated rings. The maximum atomic E-state index is 12.3. The average molecular weight is 354 g/mol. The summed E-state index contributed by atoms with van der Waals surface area (Å²) in [6, 6.07) is 8.57. The number of hydrogen-bond donors (Lipinski definition) is 2. The molecule has 0 aliphatic heterocycles. The molecule has 2 N–H and O–H groups in total. The van der Waals surface area contributed by atoms with E-state index in [1.54, 1.807) is 43.8 Å². The number of amides is 1. The quantitative estimate of drug-likeness (QED) is 0.523. The van der Waals surface area contributed by atoms with Gasteiger partial charge in [-0.3, -0.25) is 4.79 Å². The van der Waals surface area contributed by atoms with E-state index in [2.05, 4.69) is 20.5 Å². The molecule has 1 heterocycles. The number of hydrogen-bond acceptors (Lipinski definition) is 6. The van der Waals surface area contributed by atoms with E-state index in [1.807, 2.05) is 0 Å². The molecule has 0 bridgehead atoms. The smallest absolute Gasteiger partial charge is 0.271 e. The Balaban J connectivity index is 1.80. The lowest BCUT2D eigenvalue weighted by Gasteiger charge is -2.12. The molecular weight excluding hydrogens is 336 g/mol. The van der Waals surface area contributed by atoms with Crippen LogP contribution in [0.1, 0.15) is 15.9 Å². The number of imidazole rings is 1. The molecule has 1 aromatic heterocycles. The maximum Gasteiger partial charge on any atom is 0.271 e. The van der Waals surface area contributed by atoms with Crippen LogP contribution in [0.5, 0.6) is 17.2 Å². The Hall–Kier alpha value is -3.55. The van der Waals surface area contributed by atoms with Gasteiger partial charge in [0.25, 0.3) is 5.91 Å². The van der Waals surface area contributed by atoms with Gasteiger partial charge in [-0.05, 0) is 18.2 Å². The van der Waals surface area contributed by atoms with Crippen molar-refractivity contribution >= 4 is 23.2 Å². The van der Waals surface area contributed by atoms with Crippen molar-refractivity contribution < 1.29 is 19.0 Å². The first-order valence-electron chi connectivity index (χ1n) is 7.72. The normalized spacial score (nSPS) is 10.9. The van der Waals surface area contributed by atoms with Gasteiger partial charge in [0, 0.05) is 17.7 Å². The molecule has 0 saturated heterocycles. The predicted octanol–water partition coefficient (Wildman–Crippen LogP) is 2.35. The summed E-state index contributed by atoms with van der Waals surface area (Å²) in [5, 5.41) is 4.01. The van der Waals surface area contributed by atoms with Crippen LogP contribution in [-0.2, 0) is 0 Å². The lowest BCUT2D eigenvalue weighted by Crippen LogP contribution is -2.17. The molecule has 0 saturated carbocycles. The first kappa shape index (κ1) is 17.3. The number of ether oxygens (including phenoxy) is 3. The molecule has 8 heteroatoms. The molecule has 0 unspecified atom stereocenters. The Morgan fingerprint density at radius 1 is 1.12 bits per heavy atom. The average Bonchev–Trinajstić information content (AvgIpc) is 3.15. The minimum absolute atomic E-state index is 0.343. The molecule has 0 atom stereocenters. The number of hydrazone groups is 1. The number of carbonyl (C=O) groups is 1. The fourth-order valence-electron chi connectivity index (χ4n) is 2.46. The number of nitrogens with zero attached hydrogens (tertiary/aromatic N) is 2. The van der Waals surface area contributed by atoms with E-state index in [0.29, 0.717) is 28.4 Å². The van der Waals surface area contributed by atoms with E-state index in [9.17, 15) is 4.79 Å². The molecule has 8 nitrogen and oxygen atoms in total. The largest absolute Gasteiger partial charge is 0.496 e.